The van der Waals surface area contributed by atoms with Gasteiger partial charge in [0.05, 0.1) is 6.67 Å². The first-order valence-corrected chi connectivity index (χ1v) is 6.86. The first-order valence-electron chi connectivity index (χ1n) is 5.72. The van der Waals surface area contributed by atoms with Gasteiger partial charge in [-0.1, -0.05) is 0 Å². The number of aryl methyl sites for hydroxylation is 1. The van der Waals surface area contributed by atoms with E-state index in [0.717, 1.165) is 0 Å². The van der Waals surface area contributed by atoms with Gasteiger partial charge in [-0.25, -0.2) is 4.98 Å². The van der Waals surface area contributed by atoms with E-state index in [1.54, 1.807) is 30.8 Å². The predicted molar refractivity (Wildman–Crippen MR) is 81.1 cm³/mol. The Balaban J connectivity index is 2.16. The lowest BCUT2D eigenvalue weighted by atomic mass is 10.6. The van der Waals surface area contributed by atoms with Crippen molar-refractivity contribution < 1.29 is 0 Å². The van der Waals surface area contributed by atoms with Crippen LogP contribution in [0.5, 0.6) is 0 Å². The van der Waals surface area contributed by atoms with Gasteiger partial charge in [-0.2, -0.15) is 24.9 Å². The quantitative estimate of drug-likeness (QED) is 0.773. The second-order valence-electron chi connectivity index (χ2n) is 4.16. The van der Waals surface area contributed by atoms with Gasteiger partial charge in [0.1, 0.15) is 5.82 Å². The van der Waals surface area contributed by atoms with Gasteiger partial charge in [-0.05, 0) is 41.7 Å². The molecule has 0 unspecified atom stereocenters. The molecule has 0 aliphatic heterocycles. The Hall–Kier alpha value is -1.51. The highest BCUT2D eigenvalue weighted by atomic mass is 35.5. The van der Waals surface area contributed by atoms with E-state index in [4.69, 9.17) is 34.8 Å². The SMILES string of the molecule is Cc1nc(Cl)nc(N(C)CN(C)c2nc(Cl)nc(Cl)n2)n1. The summed E-state index contributed by atoms with van der Waals surface area (Å²) in [6.45, 7) is 2.12. The topological polar surface area (TPSA) is 83.8 Å². The fourth-order valence-electron chi connectivity index (χ4n) is 1.54. The van der Waals surface area contributed by atoms with Crippen molar-refractivity contribution in [2.45, 2.75) is 6.92 Å². The van der Waals surface area contributed by atoms with Crippen LogP contribution in [0.15, 0.2) is 0 Å². The monoisotopic (exact) mass is 348 g/mol. The maximum absolute atomic E-state index is 5.82. The largest absolute Gasteiger partial charge is 0.326 e. The van der Waals surface area contributed by atoms with E-state index in [2.05, 4.69) is 29.9 Å². The molecule has 0 amide bonds. The fraction of sp³-hybridized carbons (Fsp3) is 0.400. The average Bonchev–Trinajstić information content (AvgIpc) is 2.36. The van der Waals surface area contributed by atoms with Gasteiger partial charge in [-0.3, -0.25) is 0 Å². The maximum atomic E-state index is 5.82. The smallest absolute Gasteiger partial charge is 0.232 e. The summed E-state index contributed by atoms with van der Waals surface area (Å²) in [6, 6.07) is 0. The zero-order valence-corrected chi connectivity index (χ0v) is 13.7. The molecule has 0 aliphatic rings. The van der Waals surface area contributed by atoms with Crippen LogP contribution >= 0.6 is 34.8 Å². The van der Waals surface area contributed by atoms with Gasteiger partial charge in [0.25, 0.3) is 0 Å². The van der Waals surface area contributed by atoms with Crippen LogP contribution in [0.2, 0.25) is 15.9 Å². The summed E-state index contributed by atoms with van der Waals surface area (Å²) in [4.78, 5) is 27.3. The molecule has 0 fully saturated rings. The lowest BCUT2D eigenvalue weighted by Crippen LogP contribution is -2.35. The molecule has 0 spiro atoms. The molecule has 0 saturated carbocycles. The Bertz CT molecular complexity index is 556. The molecule has 0 aliphatic carbocycles. The van der Waals surface area contributed by atoms with Crippen molar-refractivity contribution in [3.8, 4) is 0 Å². The van der Waals surface area contributed by atoms with Crippen LogP contribution < -0.4 is 9.80 Å². The molecule has 21 heavy (non-hydrogen) atoms. The summed E-state index contributed by atoms with van der Waals surface area (Å²) >= 11 is 17.3. The third kappa shape index (κ3) is 4.23. The number of rotatable bonds is 4. The zero-order valence-electron chi connectivity index (χ0n) is 11.4. The summed E-state index contributed by atoms with van der Waals surface area (Å²) in [6.07, 6.45) is 0. The predicted octanol–water partition coefficient (Wildman–Crippen LogP) is 1.86. The summed E-state index contributed by atoms with van der Waals surface area (Å²) in [5, 5.41) is 0.190. The van der Waals surface area contributed by atoms with Gasteiger partial charge < -0.3 is 9.80 Å². The van der Waals surface area contributed by atoms with Crippen LogP contribution in [-0.4, -0.2) is 50.7 Å². The molecule has 0 bridgehead atoms. The summed E-state index contributed by atoms with van der Waals surface area (Å²) in [5.41, 5.74) is 0. The van der Waals surface area contributed by atoms with Crippen LogP contribution in [0.3, 0.4) is 0 Å². The van der Waals surface area contributed by atoms with Gasteiger partial charge >= 0.3 is 0 Å². The highest BCUT2D eigenvalue weighted by Crippen LogP contribution is 2.14. The second-order valence-corrected chi connectivity index (χ2v) is 5.18. The molecular weight excluding hydrogens is 339 g/mol. The lowest BCUT2D eigenvalue weighted by molar-refractivity contribution is 0.781. The Morgan fingerprint density at radius 1 is 0.714 bits per heavy atom. The summed E-state index contributed by atoms with van der Waals surface area (Å²) in [7, 11) is 3.57. The molecule has 8 nitrogen and oxygen atoms in total. The summed E-state index contributed by atoms with van der Waals surface area (Å²) in [5.74, 6) is 1.31. The molecule has 11 heteroatoms. The van der Waals surface area contributed by atoms with E-state index in [1.165, 1.54) is 0 Å². The maximum Gasteiger partial charge on any atom is 0.232 e. The van der Waals surface area contributed by atoms with Crippen LogP contribution in [-0.2, 0) is 0 Å². The highest BCUT2D eigenvalue weighted by Gasteiger charge is 2.13. The van der Waals surface area contributed by atoms with E-state index in [1.807, 2.05) is 0 Å². The van der Waals surface area contributed by atoms with Crippen LogP contribution in [0.1, 0.15) is 5.82 Å². The molecule has 0 atom stereocenters. The first-order chi connectivity index (χ1) is 9.85. The Morgan fingerprint density at radius 3 is 1.62 bits per heavy atom. The zero-order chi connectivity index (χ0) is 15.6. The number of hydrogen-bond acceptors (Lipinski definition) is 8. The van der Waals surface area contributed by atoms with Crippen LogP contribution in [0.4, 0.5) is 11.9 Å². The average molecular weight is 350 g/mol. The minimum Gasteiger partial charge on any atom is -0.326 e. The second kappa shape index (κ2) is 6.50. The minimum atomic E-state index is 0.0264. The van der Waals surface area contributed by atoms with Crippen LogP contribution in [0.25, 0.3) is 0 Å². The molecule has 112 valence electrons. The summed E-state index contributed by atoms with van der Waals surface area (Å²) < 4.78 is 0. The number of anilines is 2. The molecule has 0 N–H and O–H groups in total. The van der Waals surface area contributed by atoms with E-state index >= 15 is 0 Å². The molecule has 2 aromatic heterocycles. The van der Waals surface area contributed by atoms with E-state index in [9.17, 15) is 0 Å². The number of nitrogens with zero attached hydrogens (tertiary/aromatic N) is 8. The van der Waals surface area contributed by atoms with Gasteiger partial charge in [0, 0.05) is 14.1 Å². The normalized spacial score (nSPS) is 10.6. The highest BCUT2D eigenvalue weighted by molar-refractivity contribution is 6.31. The van der Waals surface area contributed by atoms with Crippen molar-refractivity contribution >= 4 is 46.7 Å². The molecule has 0 radical (unpaired) electrons. The van der Waals surface area contributed by atoms with Crippen molar-refractivity contribution in [2.24, 2.45) is 0 Å². The van der Waals surface area contributed by atoms with E-state index in [0.29, 0.717) is 24.4 Å². The van der Waals surface area contributed by atoms with Crippen molar-refractivity contribution in [3.05, 3.63) is 21.7 Å². The van der Waals surface area contributed by atoms with Gasteiger partial charge in [0.2, 0.25) is 27.7 Å². The van der Waals surface area contributed by atoms with Gasteiger partial charge in [0.15, 0.2) is 0 Å². The van der Waals surface area contributed by atoms with Gasteiger partial charge in [-0.15, -0.1) is 0 Å². The Labute approximate surface area is 136 Å². The van der Waals surface area contributed by atoms with Crippen molar-refractivity contribution in [2.75, 3.05) is 30.6 Å². The van der Waals surface area contributed by atoms with E-state index in [-0.39, 0.29) is 15.9 Å². The first kappa shape index (κ1) is 15.9. The molecular formula is C10H11Cl3N8. The molecule has 2 rings (SSSR count). The van der Waals surface area contributed by atoms with E-state index < -0.39 is 0 Å². The molecule has 2 heterocycles. The minimum absolute atomic E-state index is 0.0264. The number of halogens is 3. The Kier molecular flexibility index (Phi) is 4.92. The number of aromatic nitrogens is 6. The Morgan fingerprint density at radius 2 is 1.14 bits per heavy atom. The fourth-order valence-corrected chi connectivity index (χ4v) is 2.09. The third-order valence-corrected chi connectivity index (χ3v) is 2.89. The third-order valence-electron chi connectivity index (χ3n) is 2.38. The molecule has 0 aromatic carbocycles. The lowest BCUT2D eigenvalue weighted by Gasteiger charge is -2.24. The number of hydrogen-bond donors (Lipinski definition) is 0. The van der Waals surface area contributed by atoms with Crippen molar-refractivity contribution in [1.29, 1.82) is 0 Å². The molecule has 0 saturated heterocycles. The van der Waals surface area contributed by atoms with Crippen molar-refractivity contribution in [1.82, 2.24) is 29.9 Å². The molecule has 2 aromatic rings. The standard InChI is InChI=1S/C10H11Cl3N8/c1-5-14-6(11)17-9(15-5)20(2)4-21(3)10-18-7(12)16-8(13)19-10/h4H2,1-3H3. The van der Waals surface area contributed by atoms with Crippen molar-refractivity contribution in [3.63, 3.8) is 0 Å². The van der Waals surface area contributed by atoms with Crippen LogP contribution in [0, 0.1) is 6.92 Å².